The van der Waals surface area contributed by atoms with E-state index in [9.17, 15) is 4.79 Å². The van der Waals surface area contributed by atoms with Crippen molar-refractivity contribution in [3.05, 3.63) is 35.9 Å². The van der Waals surface area contributed by atoms with E-state index in [4.69, 9.17) is 9.47 Å². The van der Waals surface area contributed by atoms with Crippen LogP contribution in [0.25, 0.3) is 0 Å². The second-order valence-corrected chi connectivity index (χ2v) is 5.41. The van der Waals surface area contributed by atoms with Gasteiger partial charge in [-0.1, -0.05) is 30.3 Å². The molecule has 1 fully saturated rings. The van der Waals surface area contributed by atoms with Crippen molar-refractivity contribution in [2.24, 2.45) is 0 Å². The van der Waals surface area contributed by atoms with Crippen molar-refractivity contribution >= 4 is 6.09 Å². The van der Waals surface area contributed by atoms with E-state index < -0.39 is 11.7 Å². The van der Waals surface area contributed by atoms with Crippen molar-refractivity contribution in [1.29, 1.82) is 0 Å². The molecule has 0 spiro atoms. The molecule has 1 amide bonds. The van der Waals surface area contributed by atoms with Crippen LogP contribution in [-0.2, 0) is 9.47 Å². The van der Waals surface area contributed by atoms with Gasteiger partial charge in [-0.15, -0.1) is 0 Å². The third kappa shape index (κ3) is 3.74. The molecule has 0 unspecified atom stereocenters. The van der Waals surface area contributed by atoms with Gasteiger partial charge in [0, 0.05) is 0 Å². The highest BCUT2D eigenvalue weighted by atomic mass is 16.6. The van der Waals surface area contributed by atoms with Gasteiger partial charge in [0.15, 0.2) is 0 Å². The number of amides is 1. The van der Waals surface area contributed by atoms with Crippen LogP contribution < -0.4 is 5.32 Å². The van der Waals surface area contributed by atoms with Gasteiger partial charge in [-0.05, 0) is 26.3 Å². The summed E-state index contributed by atoms with van der Waals surface area (Å²) >= 11 is 0. The summed E-state index contributed by atoms with van der Waals surface area (Å²) in [6, 6.07) is 9.65. The highest BCUT2D eigenvalue weighted by Gasteiger charge is 2.35. The molecule has 0 radical (unpaired) electrons. The van der Waals surface area contributed by atoms with Crippen LogP contribution in [0.4, 0.5) is 4.79 Å². The fourth-order valence-corrected chi connectivity index (χ4v) is 1.73. The van der Waals surface area contributed by atoms with Crippen LogP contribution in [-0.4, -0.2) is 24.4 Å². The number of carbonyl (C=O) groups excluding carboxylic acids is 1. The first-order chi connectivity index (χ1) is 8.46. The van der Waals surface area contributed by atoms with E-state index in [2.05, 4.69) is 5.32 Å². The zero-order valence-electron chi connectivity index (χ0n) is 11.0. The molecule has 0 saturated carbocycles. The first kappa shape index (κ1) is 12.9. The van der Waals surface area contributed by atoms with Crippen LogP contribution in [0.3, 0.4) is 0 Å². The summed E-state index contributed by atoms with van der Waals surface area (Å²) in [5.74, 6) is 0. The Labute approximate surface area is 107 Å². The van der Waals surface area contributed by atoms with Crippen LogP contribution in [0.2, 0.25) is 0 Å². The molecule has 1 aliphatic rings. The molecule has 0 bridgehead atoms. The van der Waals surface area contributed by atoms with Crippen molar-refractivity contribution in [3.63, 3.8) is 0 Å². The monoisotopic (exact) mass is 249 g/mol. The number of carbonyl (C=O) groups is 1. The highest BCUT2D eigenvalue weighted by Crippen LogP contribution is 2.27. The number of rotatable bonds is 3. The number of hydrogen-bond acceptors (Lipinski definition) is 3. The maximum Gasteiger partial charge on any atom is 0.408 e. The molecule has 98 valence electrons. The van der Waals surface area contributed by atoms with Crippen LogP contribution in [0.1, 0.15) is 32.4 Å². The minimum Gasteiger partial charge on any atom is -0.444 e. The van der Waals surface area contributed by atoms with Gasteiger partial charge in [0.2, 0.25) is 0 Å². The summed E-state index contributed by atoms with van der Waals surface area (Å²) in [6.45, 7) is 6.21. The molecular weight excluding hydrogens is 230 g/mol. The zero-order valence-corrected chi connectivity index (χ0v) is 11.0. The predicted octanol–water partition coefficient (Wildman–Crippen LogP) is 2.65. The van der Waals surface area contributed by atoms with E-state index in [1.165, 1.54) is 0 Å². The van der Waals surface area contributed by atoms with Crippen molar-refractivity contribution in [2.75, 3.05) is 6.61 Å². The van der Waals surface area contributed by atoms with Gasteiger partial charge < -0.3 is 14.8 Å². The van der Waals surface area contributed by atoms with E-state index in [-0.39, 0.29) is 12.1 Å². The minimum absolute atomic E-state index is 0.0555. The molecule has 2 atom stereocenters. The quantitative estimate of drug-likeness (QED) is 0.838. The number of alkyl carbamates (subject to hydrolysis) is 1. The molecule has 0 aromatic heterocycles. The maximum atomic E-state index is 11.8. The standard InChI is InChI=1S/C14H19NO3/c1-14(2,3)18-13(16)15-12(11-9-17-11)10-7-5-4-6-8-10/h4-8,11-12H,9H2,1-3H3,(H,15,16)/t11-,12+/m0/s1. The number of ether oxygens (including phenoxy) is 2. The Balaban J connectivity index is 2.02. The van der Waals surface area contributed by atoms with Crippen LogP contribution >= 0.6 is 0 Å². The van der Waals surface area contributed by atoms with Crippen LogP contribution in [0.5, 0.6) is 0 Å². The predicted molar refractivity (Wildman–Crippen MR) is 68.3 cm³/mol. The summed E-state index contributed by atoms with van der Waals surface area (Å²) in [7, 11) is 0. The van der Waals surface area contributed by atoms with Gasteiger partial charge in [0.25, 0.3) is 0 Å². The average Bonchev–Trinajstić information content (AvgIpc) is 3.08. The summed E-state index contributed by atoms with van der Waals surface area (Å²) in [6.07, 6.45) is -0.355. The lowest BCUT2D eigenvalue weighted by Crippen LogP contribution is -2.36. The maximum absolute atomic E-state index is 11.8. The number of epoxide rings is 1. The lowest BCUT2D eigenvalue weighted by atomic mass is 10.0. The fourth-order valence-electron chi connectivity index (χ4n) is 1.73. The molecule has 1 aromatic carbocycles. The van der Waals surface area contributed by atoms with E-state index >= 15 is 0 Å². The Morgan fingerprint density at radius 1 is 1.39 bits per heavy atom. The topological polar surface area (TPSA) is 50.9 Å². The third-order valence-corrected chi connectivity index (χ3v) is 2.56. The van der Waals surface area contributed by atoms with Crippen LogP contribution in [0.15, 0.2) is 30.3 Å². The summed E-state index contributed by atoms with van der Waals surface area (Å²) in [5, 5.41) is 2.87. The second kappa shape index (κ2) is 4.98. The Morgan fingerprint density at radius 3 is 2.50 bits per heavy atom. The minimum atomic E-state index is -0.490. The fraction of sp³-hybridized carbons (Fsp3) is 0.500. The van der Waals surface area contributed by atoms with Gasteiger partial charge in [0.1, 0.15) is 11.7 Å². The zero-order chi connectivity index (χ0) is 13.2. The van der Waals surface area contributed by atoms with E-state index in [0.29, 0.717) is 6.61 Å². The Kier molecular flexibility index (Phi) is 3.57. The summed E-state index contributed by atoms with van der Waals surface area (Å²) in [4.78, 5) is 11.8. The second-order valence-electron chi connectivity index (χ2n) is 5.41. The van der Waals surface area contributed by atoms with Gasteiger partial charge >= 0.3 is 6.09 Å². The van der Waals surface area contributed by atoms with Crippen molar-refractivity contribution in [1.82, 2.24) is 5.32 Å². The smallest absolute Gasteiger partial charge is 0.408 e. The molecule has 2 rings (SSSR count). The van der Waals surface area contributed by atoms with E-state index in [1.54, 1.807) is 0 Å². The van der Waals surface area contributed by atoms with Gasteiger partial charge in [-0.25, -0.2) is 4.79 Å². The van der Waals surface area contributed by atoms with Gasteiger partial charge in [-0.3, -0.25) is 0 Å². The Bertz CT molecular complexity index is 407. The van der Waals surface area contributed by atoms with Gasteiger partial charge in [-0.2, -0.15) is 0 Å². The number of benzene rings is 1. The molecule has 1 saturated heterocycles. The lowest BCUT2D eigenvalue weighted by Gasteiger charge is -2.23. The van der Waals surface area contributed by atoms with E-state index in [1.807, 2.05) is 51.1 Å². The molecule has 1 heterocycles. The molecule has 4 nitrogen and oxygen atoms in total. The van der Waals surface area contributed by atoms with Crippen molar-refractivity contribution in [2.45, 2.75) is 38.5 Å². The first-order valence-corrected chi connectivity index (χ1v) is 6.12. The SMILES string of the molecule is CC(C)(C)OC(=O)N[C@H](c1ccccc1)[C@@H]1CO1. The summed E-state index contributed by atoms with van der Waals surface area (Å²) in [5.41, 5.74) is 0.543. The summed E-state index contributed by atoms with van der Waals surface area (Å²) < 4.78 is 10.5. The number of hydrogen-bond donors (Lipinski definition) is 1. The Morgan fingerprint density at radius 2 is 2.00 bits per heavy atom. The molecule has 18 heavy (non-hydrogen) atoms. The molecule has 0 aliphatic carbocycles. The van der Waals surface area contributed by atoms with Crippen LogP contribution in [0, 0.1) is 0 Å². The van der Waals surface area contributed by atoms with E-state index in [0.717, 1.165) is 5.56 Å². The van der Waals surface area contributed by atoms with Crippen molar-refractivity contribution < 1.29 is 14.3 Å². The molecular formula is C14H19NO3. The molecule has 1 N–H and O–H groups in total. The molecule has 1 aromatic rings. The first-order valence-electron chi connectivity index (χ1n) is 6.12. The third-order valence-electron chi connectivity index (χ3n) is 2.56. The highest BCUT2D eigenvalue weighted by molar-refractivity contribution is 5.68. The van der Waals surface area contributed by atoms with Gasteiger partial charge in [0.05, 0.1) is 12.6 Å². The molecule has 4 heteroatoms. The Hall–Kier alpha value is -1.55. The lowest BCUT2D eigenvalue weighted by molar-refractivity contribution is 0.0494. The molecule has 1 aliphatic heterocycles. The normalized spacial score (nSPS) is 20.1. The average molecular weight is 249 g/mol. The van der Waals surface area contributed by atoms with Crippen molar-refractivity contribution in [3.8, 4) is 0 Å². The largest absolute Gasteiger partial charge is 0.444 e. The number of nitrogens with one attached hydrogen (secondary N) is 1.